The maximum atomic E-state index is 10.5. The molecule has 90 valence electrons. The summed E-state index contributed by atoms with van der Waals surface area (Å²) in [7, 11) is 0. The zero-order valence-electron chi connectivity index (χ0n) is 10.9. The summed E-state index contributed by atoms with van der Waals surface area (Å²) in [5, 5.41) is 2.80. The lowest BCUT2D eigenvalue weighted by Crippen LogP contribution is -2.40. The molecule has 1 aromatic rings. The fraction of sp³-hybridized carbons (Fsp3) is 0.727. The van der Waals surface area contributed by atoms with Crippen LogP contribution in [0.15, 0.2) is 5.29 Å². The maximum absolute atomic E-state index is 10.5. The van der Waals surface area contributed by atoms with Gasteiger partial charge in [0.2, 0.25) is 0 Å². The molecule has 1 aromatic heterocycles. The molecule has 0 aliphatic heterocycles. The smallest absolute Gasteiger partial charge is 0.229 e. The van der Waals surface area contributed by atoms with Crippen molar-refractivity contribution < 1.29 is 4.57 Å². The van der Waals surface area contributed by atoms with Crippen molar-refractivity contribution in [3.8, 4) is 0 Å². The van der Waals surface area contributed by atoms with E-state index in [1.807, 2.05) is 0 Å². The summed E-state index contributed by atoms with van der Waals surface area (Å²) in [4.78, 5) is 10.5. The second kappa shape index (κ2) is 4.63. The van der Waals surface area contributed by atoms with Crippen LogP contribution in [-0.2, 0) is 0 Å². The summed E-state index contributed by atoms with van der Waals surface area (Å²) < 4.78 is 4.19. The van der Waals surface area contributed by atoms with E-state index in [1.54, 1.807) is 0 Å². The minimum Gasteiger partial charge on any atom is -0.229 e. The van der Waals surface area contributed by atoms with Gasteiger partial charge in [-0.05, 0) is 41.5 Å². The van der Waals surface area contributed by atoms with E-state index in [4.69, 9.17) is 0 Å². The van der Waals surface area contributed by atoms with Crippen LogP contribution >= 0.6 is 0 Å². The minimum absolute atomic E-state index is 0.294. The average molecular weight is 225 g/mol. The third kappa shape index (κ3) is 1.94. The van der Waals surface area contributed by atoms with Crippen molar-refractivity contribution in [1.82, 2.24) is 4.57 Å². The van der Waals surface area contributed by atoms with Crippen molar-refractivity contribution in [1.29, 1.82) is 0 Å². The molecule has 0 unspecified atom stereocenters. The highest BCUT2D eigenvalue weighted by Crippen LogP contribution is 2.20. The molecule has 0 aromatic carbocycles. The quantitative estimate of drug-likeness (QED) is 0.486. The van der Waals surface area contributed by atoms with Gasteiger partial charge in [-0.3, -0.25) is 0 Å². The van der Waals surface area contributed by atoms with E-state index in [0.717, 1.165) is 17.3 Å². The first-order chi connectivity index (χ1) is 7.41. The van der Waals surface area contributed by atoms with Crippen molar-refractivity contribution in [3.05, 3.63) is 16.3 Å². The predicted octanol–water partition coefficient (Wildman–Crippen LogP) is 2.65. The van der Waals surface area contributed by atoms with Gasteiger partial charge in [0.05, 0.1) is 12.1 Å². The summed E-state index contributed by atoms with van der Waals surface area (Å²) in [6, 6.07) is 0.589. The highest BCUT2D eigenvalue weighted by molar-refractivity contribution is 5.25. The monoisotopic (exact) mass is 225 g/mol. The minimum atomic E-state index is 0.294. The fourth-order valence-corrected chi connectivity index (χ4v) is 2.19. The number of hydrogen-bond donors (Lipinski definition) is 1. The number of nitrogens with zero attached hydrogens (tertiary/aromatic N) is 3. The van der Waals surface area contributed by atoms with Crippen LogP contribution < -0.4 is 9.99 Å². The molecule has 0 atom stereocenters. The number of hydrogen-bond acceptors (Lipinski definition) is 2. The van der Waals surface area contributed by atoms with Gasteiger partial charge in [-0.2, -0.15) is 0 Å². The first-order valence-corrected chi connectivity index (χ1v) is 5.63. The van der Waals surface area contributed by atoms with Crippen LogP contribution in [0.1, 0.15) is 51.2 Å². The molecule has 0 saturated carbocycles. The number of nitroso groups, excluding NO2 is 1. The Morgan fingerprint density at radius 3 is 2.19 bits per heavy atom. The Morgan fingerprint density at radius 2 is 1.81 bits per heavy atom. The summed E-state index contributed by atoms with van der Waals surface area (Å²) in [6.45, 7) is 12.5. The molecular formula is C11H21N4O+. The summed E-state index contributed by atoms with van der Waals surface area (Å²) in [5.74, 6) is 0.759. The number of rotatable bonds is 4. The fourth-order valence-electron chi connectivity index (χ4n) is 2.19. The number of aromatic nitrogens is 2. The van der Waals surface area contributed by atoms with Gasteiger partial charge in [-0.1, -0.05) is 0 Å². The van der Waals surface area contributed by atoms with Gasteiger partial charge in [0, 0.05) is 0 Å². The Hall–Kier alpha value is -1.39. The van der Waals surface area contributed by atoms with E-state index < -0.39 is 0 Å². The molecule has 0 bridgehead atoms. The van der Waals surface area contributed by atoms with Crippen LogP contribution in [0.4, 0.5) is 5.95 Å². The zero-order valence-corrected chi connectivity index (χ0v) is 10.9. The van der Waals surface area contributed by atoms with E-state index in [1.165, 1.54) is 0 Å². The molecule has 5 heteroatoms. The molecule has 16 heavy (non-hydrogen) atoms. The van der Waals surface area contributed by atoms with Crippen LogP contribution in [-0.4, -0.2) is 4.57 Å². The second-order valence-electron chi connectivity index (χ2n) is 4.63. The van der Waals surface area contributed by atoms with Gasteiger partial charge >= 0.3 is 5.95 Å². The van der Waals surface area contributed by atoms with Crippen LogP contribution in [0, 0.1) is 18.8 Å². The molecule has 1 rings (SSSR count). The maximum Gasteiger partial charge on any atom is 0.384 e. The first-order valence-electron chi connectivity index (χ1n) is 5.63. The van der Waals surface area contributed by atoms with Crippen LogP contribution in [0.25, 0.3) is 0 Å². The highest BCUT2D eigenvalue weighted by atomic mass is 16.3. The molecule has 1 heterocycles. The van der Waals surface area contributed by atoms with Gasteiger partial charge in [-0.15, -0.1) is 10.3 Å². The highest BCUT2D eigenvalue weighted by Gasteiger charge is 2.27. The van der Waals surface area contributed by atoms with Gasteiger partial charge in [0.15, 0.2) is 0 Å². The lowest BCUT2D eigenvalue weighted by Gasteiger charge is -2.08. The van der Waals surface area contributed by atoms with Crippen molar-refractivity contribution in [3.63, 3.8) is 0 Å². The molecular weight excluding hydrogens is 204 g/mol. The Morgan fingerprint density at radius 1 is 1.25 bits per heavy atom. The van der Waals surface area contributed by atoms with Gasteiger partial charge in [0.1, 0.15) is 16.7 Å². The SMILES string of the molecule is Cc1c(C)[n+](C(C)C)c(NN=O)n1C(C)C. The third-order valence-electron chi connectivity index (χ3n) is 2.88. The first kappa shape index (κ1) is 12.7. The van der Waals surface area contributed by atoms with Crippen molar-refractivity contribution in [2.45, 2.75) is 53.6 Å². The van der Waals surface area contributed by atoms with E-state index in [-0.39, 0.29) is 0 Å². The van der Waals surface area contributed by atoms with E-state index >= 15 is 0 Å². The summed E-state index contributed by atoms with van der Waals surface area (Å²) in [6.07, 6.45) is 0. The van der Waals surface area contributed by atoms with Gasteiger partial charge in [-0.25, -0.2) is 9.13 Å². The van der Waals surface area contributed by atoms with Gasteiger partial charge < -0.3 is 0 Å². The Balaban J connectivity index is 3.48. The molecule has 0 spiro atoms. The Labute approximate surface area is 96.4 Å². The molecule has 0 radical (unpaired) electrons. The van der Waals surface area contributed by atoms with Crippen LogP contribution in [0.3, 0.4) is 0 Å². The zero-order chi connectivity index (χ0) is 12.5. The van der Waals surface area contributed by atoms with E-state index in [0.29, 0.717) is 12.1 Å². The lowest BCUT2D eigenvalue weighted by atomic mass is 10.3. The molecule has 0 aliphatic carbocycles. The van der Waals surface area contributed by atoms with E-state index in [9.17, 15) is 4.91 Å². The van der Waals surface area contributed by atoms with E-state index in [2.05, 4.69) is 61.4 Å². The molecule has 0 aliphatic rings. The van der Waals surface area contributed by atoms with Crippen molar-refractivity contribution in [2.24, 2.45) is 5.29 Å². The topological polar surface area (TPSA) is 50.3 Å². The standard InChI is InChI=1S/C11H20N4O/c1-7(2)14-9(5)10(6)15(8(3)4)11(14)12-13-16/h7-8H,1-6H3/p+1. The number of nitrogens with one attached hydrogen (secondary N) is 1. The number of anilines is 1. The summed E-state index contributed by atoms with van der Waals surface area (Å²) in [5.41, 5.74) is 4.89. The van der Waals surface area contributed by atoms with Crippen LogP contribution in [0.2, 0.25) is 0 Å². The molecule has 0 saturated heterocycles. The summed E-state index contributed by atoms with van der Waals surface area (Å²) >= 11 is 0. The van der Waals surface area contributed by atoms with Crippen molar-refractivity contribution >= 4 is 5.95 Å². The lowest BCUT2D eigenvalue weighted by molar-refractivity contribution is -0.707. The van der Waals surface area contributed by atoms with Gasteiger partial charge in [0.25, 0.3) is 0 Å². The normalized spacial score (nSPS) is 11.2. The molecule has 0 fully saturated rings. The van der Waals surface area contributed by atoms with Crippen LogP contribution in [0.5, 0.6) is 0 Å². The number of imidazole rings is 1. The average Bonchev–Trinajstić information content (AvgIpc) is 2.39. The third-order valence-corrected chi connectivity index (χ3v) is 2.88. The molecule has 1 N–H and O–H groups in total. The second-order valence-corrected chi connectivity index (χ2v) is 4.63. The van der Waals surface area contributed by atoms with Crippen molar-refractivity contribution in [2.75, 3.05) is 5.43 Å². The Kier molecular flexibility index (Phi) is 3.67. The Bertz CT molecular complexity index is 362. The predicted molar refractivity (Wildman–Crippen MR) is 64.3 cm³/mol. The molecule has 0 amide bonds. The molecule has 5 nitrogen and oxygen atoms in total. The largest absolute Gasteiger partial charge is 0.384 e.